The molecule has 1 aliphatic rings. The van der Waals surface area contributed by atoms with Gasteiger partial charge in [-0.2, -0.15) is 13.2 Å². The van der Waals surface area contributed by atoms with E-state index >= 15 is 0 Å². The molecule has 1 saturated heterocycles. The minimum atomic E-state index is -4.46. The number of aliphatic hydroxyl groups excluding tert-OH is 1. The third kappa shape index (κ3) is 7.42. The Kier molecular flexibility index (Phi) is 9.68. The largest absolute Gasteiger partial charge is 0.416 e. The molecular formula is C33H33F3N4O4S. The molecule has 0 radical (unpaired) electrons. The number of thiazole rings is 1. The fraction of sp³-hybridized carbons (Fsp3) is 0.303. The van der Waals surface area contributed by atoms with Gasteiger partial charge in [0.1, 0.15) is 17.8 Å². The molecule has 0 saturated carbocycles. The van der Waals surface area contributed by atoms with Crippen LogP contribution in [0.3, 0.4) is 0 Å². The van der Waals surface area contributed by atoms with Crippen molar-refractivity contribution in [3.8, 4) is 0 Å². The van der Waals surface area contributed by atoms with Gasteiger partial charge in [-0.25, -0.2) is 4.98 Å². The molecule has 0 spiro atoms. The van der Waals surface area contributed by atoms with E-state index in [9.17, 15) is 27.9 Å². The standard InChI is InChI=1S/C33H33F3N4O4S/c1-21-19-45-30(38-21)27-18-44-20-40(27)31(43)24-10-7-9-23(15-24)29(42)39-32(2,25-11-4-3-5-12-25)28(41)17-37-16-22-8-6-13-26(14-22)33(34,35)36/h3-15,19,27-28,37,41H,16-18,20H2,1-2H3,(H,39,42)/t27-,28-,32+/m1/s1. The smallest absolute Gasteiger partial charge is 0.389 e. The van der Waals surface area contributed by atoms with Crippen LogP contribution in [0, 0.1) is 6.92 Å². The zero-order chi connectivity index (χ0) is 32.2. The molecule has 0 unspecified atom stereocenters. The van der Waals surface area contributed by atoms with Crippen LogP contribution >= 0.6 is 11.3 Å². The van der Waals surface area contributed by atoms with Gasteiger partial charge in [0.15, 0.2) is 0 Å². The first-order valence-electron chi connectivity index (χ1n) is 14.3. The van der Waals surface area contributed by atoms with E-state index in [4.69, 9.17) is 4.74 Å². The molecule has 1 fully saturated rings. The SMILES string of the molecule is Cc1csc([C@H]2COCN2C(=O)c2cccc(C(=O)N[C@@](C)(c3ccccc3)[C@H](O)CNCc3cccc(C(F)(F)F)c3)c2)n1. The topological polar surface area (TPSA) is 104 Å². The van der Waals surface area contributed by atoms with Gasteiger partial charge in [0.2, 0.25) is 0 Å². The highest BCUT2D eigenvalue weighted by atomic mass is 32.1. The summed E-state index contributed by atoms with van der Waals surface area (Å²) in [6.45, 7) is 4.03. The van der Waals surface area contributed by atoms with Gasteiger partial charge < -0.3 is 25.4 Å². The molecule has 45 heavy (non-hydrogen) atoms. The van der Waals surface area contributed by atoms with Gasteiger partial charge in [-0.05, 0) is 49.2 Å². The predicted molar refractivity (Wildman–Crippen MR) is 163 cm³/mol. The van der Waals surface area contributed by atoms with Crippen LogP contribution in [0.15, 0.2) is 84.2 Å². The Bertz CT molecular complexity index is 1650. The number of aryl methyl sites for hydroxylation is 1. The Morgan fingerprint density at radius 3 is 2.47 bits per heavy atom. The van der Waals surface area contributed by atoms with Crippen LogP contribution in [0.1, 0.15) is 61.1 Å². The van der Waals surface area contributed by atoms with Crippen LogP contribution in [-0.2, 0) is 23.0 Å². The molecule has 1 aliphatic heterocycles. The molecule has 0 bridgehead atoms. The van der Waals surface area contributed by atoms with E-state index in [1.165, 1.54) is 23.5 Å². The Balaban J connectivity index is 1.31. The van der Waals surface area contributed by atoms with Crippen molar-refractivity contribution in [1.29, 1.82) is 0 Å². The number of alkyl halides is 3. The summed E-state index contributed by atoms with van der Waals surface area (Å²) in [6, 6.07) is 19.9. The summed E-state index contributed by atoms with van der Waals surface area (Å²) in [6.07, 6.45) is -5.64. The third-order valence-corrected chi connectivity index (χ3v) is 8.83. The molecule has 3 N–H and O–H groups in total. The van der Waals surface area contributed by atoms with Crippen molar-refractivity contribution in [2.45, 2.75) is 44.3 Å². The molecule has 5 rings (SSSR count). The molecule has 0 aliphatic carbocycles. The van der Waals surface area contributed by atoms with Crippen LogP contribution in [0.25, 0.3) is 0 Å². The average molecular weight is 639 g/mol. The normalized spacial score (nSPS) is 17.1. The quantitative estimate of drug-likeness (QED) is 0.214. The first-order valence-corrected chi connectivity index (χ1v) is 15.2. The monoisotopic (exact) mass is 638 g/mol. The first kappa shape index (κ1) is 32.3. The lowest BCUT2D eigenvalue weighted by Gasteiger charge is -2.36. The van der Waals surface area contributed by atoms with Crippen molar-refractivity contribution in [1.82, 2.24) is 20.5 Å². The van der Waals surface area contributed by atoms with Gasteiger partial charge in [0.05, 0.1) is 23.8 Å². The zero-order valence-electron chi connectivity index (χ0n) is 24.7. The molecule has 2 heterocycles. The second-order valence-electron chi connectivity index (χ2n) is 11.1. The highest BCUT2D eigenvalue weighted by molar-refractivity contribution is 7.09. The molecule has 4 aromatic rings. The average Bonchev–Trinajstić information content (AvgIpc) is 3.70. The lowest BCUT2D eigenvalue weighted by Crippen LogP contribution is -2.55. The van der Waals surface area contributed by atoms with Gasteiger partial charge in [-0.1, -0.05) is 54.6 Å². The van der Waals surface area contributed by atoms with E-state index in [-0.39, 0.29) is 37.3 Å². The van der Waals surface area contributed by atoms with Gasteiger partial charge in [-0.3, -0.25) is 9.59 Å². The zero-order valence-corrected chi connectivity index (χ0v) is 25.5. The summed E-state index contributed by atoms with van der Waals surface area (Å²) < 4.78 is 45.0. The summed E-state index contributed by atoms with van der Waals surface area (Å²) in [5.41, 5.74) is 0.354. The fourth-order valence-electron chi connectivity index (χ4n) is 5.19. The number of carbonyl (C=O) groups excluding carboxylic acids is 2. The van der Waals surface area contributed by atoms with Crippen molar-refractivity contribution in [3.63, 3.8) is 0 Å². The molecule has 12 heteroatoms. The van der Waals surface area contributed by atoms with Crippen LogP contribution in [0.2, 0.25) is 0 Å². The summed E-state index contributed by atoms with van der Waals surface area (Å²) in [5, 5.41) is 20.0. The maximum atomic E-state index is 13.6. The van der Waals surface area contributed by atoms with Gasteiger partial charge in [0.25, 0.3) is 11.8 Å². The van der Waals surface area contributed by atoms with Gasteiger partial charge in [-0.15, -0.1) is 11.3 Å². The number of benzene rings is 3. The highest BCUT2D eigenvalue weighted by Gasteiger charge is 2.37. The number of halogens is 3. The summed E-state index contributed by atoms with van der Waals surface area (Å²) in [7, 11) is 0. The number of carbonyl (C=O) groups is 2. The van der Waals surface area contributed by atoms with E-state index in [0.717, 1.165) is 22.8 Å². The maximum Gasteiger partial charge on any atom is 0.416 e. The van der Waals surface area contributed by atoms with E-state index in [1.807, 2.05) is 12.3 Å². The van der Waals surface area contributed by atoms with Crippen LogP contribution in [0.5, 0.6) is 0 Å². The molecular weight excluding hydrogens is 605 g/mol. The number of hydrogen-bond donors (Lipinski definition) is 3. The lowest BCUT2D eigenvalue weighted by molar-refractivity contribution is -0.137. The van der Waals surface area contributed by atoms with Crippen molar-refractivity contribution < 1.29 is 32.6 Å². The van der Waals surface area contributed by atoms with Crippen LogP contribution in [-0.4, -0.2) is 52.8 Å². The number of aromatic nitrogens is 1. The minimum absolute atomic E-state index is 0.0347. The number of aliphatic hydroxyl groups is 1. The maximum absolute atomic E-state index is 13.6. The van der Waals surface area contributed by atoms with Crippen molar-refractivity contribution in [2.75, 3.05) is 19.9 Å². The first-order chi connectivity index (χ1) is 21.5. The summed E-state index contributed by atoms with van der Waals surface area (Å²) in [5.74, 6) is -0.817. The van der Waals surface area contributed by atoms with Gasteiger partial charge >= 0.3 is 6.18 Å². The predicted octanol–water partition coefficient (Wildman–Crippen LogP) is 5.44. The van der Waals surface area contributed by atoms with E-state index in [0.29, 0.717) is 23.3 Å². The van der Waals surface area contributed by atoms with Crippen LogP contribution < -0.4 is 10.6 Å². The van der Waals surface area contributed by atoms with E-state index < -0.39 is 29.3 Å². The van der Waals surface area contributed by atoms with E-state index in [2.05, 4.69) is 15.6 Å². The fourth-order valence-corrected chi connectivity index (χ4v) is 6.08. The van der Waals surface area contributed by atoms with Crippen LogP contribution in [0.4, 0.5) is 13.2 Å². The lowest BCUT2D eigenvalue weighted by atomic mass is 9.85. The Hall–Kier alpha value is -4.10. The Labute approximate surface area is 262 Å². The number of rotatable bonds is 10. The summed E-state index contributed by atoms with van der Waals surface area (Å²) >= 11 is 1.46. The number of amides is 2. The molecule has 8 nitrogen and oxygen atoms in total. The summed E-state index contributed by atoms with van der Waals surface area (Å²) in [4.78, 5) is 33.3. The minimum Gasteiger partial charge on any atom is -0.389 e. The van der Waals surface area contributed by atoms with Crippen molar-refractivity contribution in [2.24, 2.45) is 0 Å². The number of ether oxygens (including phenoxy) is 1. The molecule has 3 aromatic carbocycles. The molecule has 1 aromatic heterocycles. The molecule has 2 amide bonds. The number of nitrogens with zero attached hydrogens (tertiary/aromatic N) is 2. The van der Waals surface area contributed by atoms with Crippen molar-refractivity contribution in [3.05, 3.63) is 123 Å². The van der Waals surface area contributed by atoms with Gasteiger partial charge in [0, 0.05) is 35.3 Å². The highest BCUT2D eigenvalue weighted by Crippen LogP contribution is 2.31. The molecule has 3 atom stereocenters. The Morgan fingerprint density at radius 1 is 1.04 bits per heavy atom. The van der Waals surface area contributed by atoms with E-state index in [1.54, 1.807) is 66.4 Å². The number of hydrogen-bond acceptors (Lipinski definition) is 7. The second kappa shape index (κ2) is 13.5. The Morgan fingerprint density at radius 2 is 1.76 bits per heavy atom. The third-order valence-electron chi connectivity index (χ3n) is 7.77. The molecule has 236 valence electrons. The number of nitrogens with one attached hydrogen (secondary N) is 2. The van der Waals surface area contributed by atoms with Crippen molar-refractivity contribution >= 4 is 23.2 Å². The second-order valence-corrected chi connectivity index (χ2v) is 12.0.